The van der Waals surface area contributed by atoms with Crippen molar-refractivity contribution in [1.29, 1.82) is 0 Å². The van der Waals surface area contributed by atoms with E-state index in [1.54, 1.807) is 6.07 Å². The van der Waals surface area contributed by atoms with Crippen LogP contribution in [-0.2, 0) is 0 Å². The van der Waals surface area contributed by atoms with Crippen LogP contribution in [0.15, 0.2) is 18.5 Å². The molecule has 4 heteroatoms. The Morgan fingerprint density at radius 3 is 2.88 bits per heavy atom. The molecule has 1 N–H and O–H groups in total. The van der Waals surface area contributed by atoms with Gasteiger partial charge in [-0.05, 0) is 32.8 Å². The van der Waals surface area contributed by atoms with Crippen molar-refractivity contribution >= 4 is 5.91 Å². The van der Waals surface area contributed by atoms with Gasteiger partial charge in [0.2, 0.25) is 0 Å². The summed E-state index contributed by atoms with van der Waals surface area (Å²) in [5, 5.41) is 9.60. The fourth-order valence-electron chi connectivity index (χ4n) is 2.20. The third-order valence-corrected chi connectivity index (χ3v) is 3.18. The third-order valence-electron chi connectivity index (χ3n) is 3.18. The van der Waals surface area contributed by atoms with Crippen LogP contribution in [0, 0.1) is 0 Å². The van der Waals surface area contributed by atoms with Crippen LogP contribution in [-0.4, -0.2) is 33.0 Å². The van der Waals surface area contributed by atoms with Crippen molar-refractivity contribution in [2.75, 3.05) is 6.54 Å². The molecule has 0 radical (unpaired) electrons. The molecule has 0 atom stereocenters. The molecule has 0 spiro atoms. The lowest BCUT2D eigenvalue weighted by molar-refractivity contribution is 0.0649. The Kier molecular flexibility index (Phi) is 2.58. The van der Waals surface area contributed by atoms with E-state index in [2.05, 4.69) is 18.8 Å². The maximum atomic E-state index is 12.2. The monoisotopic (exact) mass is 220 g/mol. The number of pyridine rings is 1. The molecule has 0 unspecified atom stereocenters. The molecule has 16 heavy (non-hydrogen) atoms. The minimum atomic E-state index is -0.118. The van der Waals surface area contributed by atoms with Crippen LogP contribution in [0.25, 0.3) is 0 Å². The summed E-state index contributed by atoms with van der Waals surface area (Å²) in [5.41, 5.74) is 0.220. The fraction of sp³-hybridized carbons (Fsp3) is 0.500. The van der Waals surface area contributed by atoms with Crippen LogP contribution in [0.1, 0.15) is 37.0 Å². The normalized spacial score (nSPS) is 18.8. The van der Waals surface area contributed by atoms with Gasteiger partial charge >= 0.3 is 0 Å². The molecule has 1 aromatic heterocycles. The molecule has 86 valence electrons. The largest absolute Gasteiger partial charge is 0.505 e. The van der Waals surface area contributed by atoms with E-state index in [4.69, 9.17) is 0 Å². The molecule has 1 aromatic rings. The molecule has 1 fully saturated rings. The molecule has 1 aliphatic rings. The van der Waals surface area contributed by atoms with Crippen molar-refractivity contribution < 1.29 is 9.90 Å². The smallest absolute Gasteiger partial charge is 0.258 e. The number of hydrogen-bond donors (Lipinski definition) is 1. The van der Waals surface area contributed by atoms with Gasteiger partial charge in [0.25, 0.3) is 5.91 Å². The van der Waals surface area contributed by atoms with Crippen molar-refractivity contribution in [2.45, 2.75) is 32.2 Å². The SMILES string of the molecule is CC1(C)CCCN1C(=O)c1ccncc1O. The minimum absolute atomic E-state index is 0.0461. The maximum Gasteiger partial charge on any atom is 0.258 e. The quantitative estimate of drug-likeness (QED) is 0.785. The highest BCUT2D eigenvalue weighted by molar-refractivity contribution is 5.97. The van der Waals surface area contributed by atoms with Crippen molar-refractivity contribution in [1.82, 2.24) is 9.88 Å². The zero-order valence-electron chi connectivity index (χ0n) is 9.60. The van der Waals surface area contributed by atoms with Crippen molar-refractivity contribution in [3.05, 3.63) is 24.0 Å². The van der Waals surface area contributed by atoms with Crippen LogP contribution in [0.2, 0.25) is 0 Å². The summed E-state index contributed by atoms with van der Waals surface area (Å²) in [6, 6.07) is 1.56. The van der Waals surface area contributed by atoms with E-state index in [1.807, 2.05) is 4.90 Å². The second kappa shape index (κ2) is 3.77. The van der Waals surface area contributed by atoms with Gasteiger partial charge in [0.15, 0.2) is 0 Å². The van der Waals surface area contributed by atoms with E-state index in [9.17, 15) is 9.90 Å². The van der Waals surface area contributed by atoms with Crippen LogP contribution in [0.5, 0.6) is 5.75 Å². The average molecular weight is 220 g/mol. The van der Waals surface area contributed by atoms with E-state index in [1.165, 1.54) is 12.4 Å². The fourth-order valence-corrected chi connectivity index (χ4v) is 2.20. The van der Waals surface area contributed by atoms with E-state index >= 15 is 0 Å². The van der Waals surface area contributed by atoms with Gasteiger partial charge in [0.05, 0.1) is 11.8 Å². The maximum absolute atomic E-state index is 12.2. The lowest BCUT2D eigenvalue weighted by Crippen LogP contribution is -2.42. The average Bonchev–Trinajstić information content (AvgIpc) is 2.58. The van der Waals surface area contributed by atoms with Gasteiger partial charge in [-0.15, -0.1) is 0 Å². The highest BCUT2D eigenvalue weighted by Gasteiger charge is 2.36. The first-order chi connectivity index (χ1) is 7.52. The number of likely N-dealkylation sites (tertiary alicyclic amines) is 1. The van der Waals surface area contributed by atoms with E-state index < -0.39 is 0 Å². The lowest BCUT2D eigenvalue weighted by atomic mass is 10.0. The second-order valence-corrected chi connectivity index (χ2v) is 4.77. The predicted molar refractivity (Wildman–Crippen MR) is 60.3 cm³/mol. The topological polar surface area (TPSA) is 53.4 Å². The second-order valence-electron chi connectivity index (χ2n) is 4.77. The van der Waals surface area contributed by atoms with E-state index in [0.717, 1.165) is 19.4 Å². The Bertz CT molecular complexity index is 415. The molecule has 0 saturated carbocycles. The Labute approximate surface area is 94.9 Å². The first-order valence-electron chi connectivity index (χ1n) is 5.47. The number of carbonyl (C=O) groups is 1. The number of carbonyl (C=O) groups excluding carboxylic acids is 1. The molecule has 0 bridgehead atoms. The Hall–Kier alpha value is -1.58. The molecule has 0 aliphatic carbocycles. The van der Waals surface area contributed by atoms with E-state index in [0.29, 0.717) is 5.56 Å². The number of aromatic hydroxyl groups is 1. The highest BCUT2D eigenvalue weighted by Crippen LogP contribution is 2.31. The number of aromatic nitrogens is 1. The van der Waals surface area contributed by atoms with Gasteiger partial charge in [-0.1, -0.05) is 0 Å². The van der Waals surface area contributed by atoms with Gasteiger partial charge < -0.3 is 10.0 Å². The Balaban J connectivity index is 2.30. The molecule has 1 amide bonds. The van der Waals surface area contributed by atoms with Crippen molar-refractivity contribution in [2.24, 2.45) is 0 Å². The predicted octanol–water partition coefficient (Wildman–Crippen LogP) is 1.80. The molecule has 0 aromatic carbocycles. The summed E-state index contributed by atoms with van der Waals surface area (Å²) in [6.45, 7) is 4.86. The van der Waals surface area contributed by atoms with Crippen LogP contribution < -0.4 is 0 Å². The number of amides is 1. The van der Waals surface area contributed by atoms with Gasteiger partial charge in [-0.25, -0.2) is 0 Å². The van der Waals surface area contributed by atoms with Crippen molar-refractivity contribution in [3.8, 4) is 5.75 Å². The van der Waals surface area contributed by atoms with Crippen molar-refractivity contribution in [3.63, 3.8) is 0 Å². The molecule has 2 heterocycles. The molecule has 1 aliphatic heterocycles. The van der Waals surface area contributed by atoms with Crippen LogP contribution >= 0.6 is 0 Å². The number of hydrogen-bond acceptors (Lipinski definition) is 3. The highest BCUT2D eigenvalue weighted by atomic mass is 16.3. The molecular weight excluding hydrogens is 204 g/mol. The molecule has 2 rings (SSSR count). The first kappa shape index (κ1) is 10.9. The van der Waals surface area contributed by atoms with Crippen LogP contribution in [0.4, 0.5) is 0 Å². The minimum Gasteiger partial charge on any atom is -0.505 e. The van der Waals surface area contributed by atoms with Gasteiger partial charge in [-0.2, -0.15) is 0 Å². The Morgan fingerprint density at radius 2 is 2.31 bits per heavy atom. The first-order valence-corrected chi connectivity index (χ1v) is 5.47. The third kappa shape index (κ3) is 1.75. The van der Waals surface area contributed by atoms with Gasteiger partial charge in [0, 0.05) is 18.3 Å². The van der Waals surface area contributed by atoms with Gasteiger partial charge in [0.1, 0.15) is 5.75 Å². The molecule has 1 saturated heterocycles. The molecular formula is C12H16N2O2. The zero-order chi connectivity index (χ0) is 11.8. The summed E-state index contributed by atoms with van der Waals surface area (Å²) >= 11 is 0. The summed E-state index contributed by atoms with van der Waals surface area (Å²) < 4.78 is 0. The van der Waals surface area contributed by atoms with Crippen LogP contribution in [0.3, 0.4) is 0 Å². The summed E-state index contributed by atoms with van der Waals surface area (Å²) in [4.78, 5) is 17.8. The van der Waals surface area contributed by atoms with Gasteiger partial charge in [-0.3, -0.25) is 9.78 Å². The Morgan fingerprint density at radius 1 is 1.56 bits per heavy atom. The number of nitrogens with zero attached hydrogens (tertiary/aromatic N) is 2. The standard InChI is InChI=1S/C12H16N2O2/c1-12(2)5-3-7-14(12)11(16)9-4-6-13-8-10(9)15/h4,6,8,15H,3,5,7H2,1-2H3. The number of rotatable bonds is 1. The molecule has 4 nitrogen and oxygen atoms in total. The summed E-state index contributed by atoms with van der Waals surface area (Å²) in [7, 11) is 0. The summed E-state index contributed by atoms with van der Waals surface area (Å²) in [5.74, 6) is -0.155. The summed E-state index contributed by atoms with van der Waals surface area (Å²) in [6.07, 6.45) is 4.85. The van der Waals surface area contributed by atoms with E-state index in [-0.39, 0.29) is 17.2 Å². The zero-order valence-corrected chi connectivity index (χ0v) is 9.60. The lowest BCUT2D eigenvalue weighted by Gasteiger charge is -2.31.